The van der Waals surface area contributed by atoms with Crippen LogP contribution in [0.5, 0.6) is 5.06 Å². The van der Waals surface area contributed by atoms with E-state index in [9.17, 15) is 4.79 Å². The number of carboxylic acids is 1. The second kappa shape index (κ2) is 3.11. The fraction of sp³-hybridized carbons (Fsp3) is 0.167. The van der Waals surface area contributed by atoms with Crippen molar-refractivity contribution in [1.29, 1.82) is 0 Å². The number of carbonyl (C=O) groups is 1. The van der Waals surface area contributed by atoms with Gasteiger partial charge in [0.05, 0.1) is 12.7 Å². The topological polar surface area (TPSA) is 46.5 Å². The van der Waals surface area contributed by atoms with Gasteiger partial charge in [-0.3, -0.25) is 0 Å². The summed E-state index contributed by atoms with van der Waals surface area (Å²) in [4.78, 5) is 10.4. The summed E-state index contributed by atoms with van der Waals surface area (Å²) in [5, 5.41) is 9.05. The van der Waals surface area contributed by atoms with Crippen LogP contribution < -0.4 is 4.74 Å². The minimum Gasteiger partial charge on any atom is -0.487 e. The normalized spacial score (nSPS) is 9.64. The summed E-state index contributed by atoms with van der Waals surface area (Å²) in [5.41, 5.74) is 0.0912. The molecule has 3 nitrogen and oxygen atoms in total. The number of hydrogen-bond acceptors (Lipinski definition) is 3. The van der Waals surface area contributed by atoms with Crippen molar-refractivity contribution < 1.29 is 14.6 Å². The first-order valence-corrected chi connectivity index (χ1v) is 3.91. The molecule has 0 unspecified atom stereocenters. The number of hydrogen-bond donors (Lipinski definition) is 1. The van der Waals surface area contributed by atoms with Crippen LogP contribution in [0.15, 0.2) is 6.07 Å². The zero-order valence-electron chi connectivity index (χ0n) is 5.63. The molecule has 11 heavy (non-hydrogen) atoms. The molecule has 0 amide bonds. The highest BCUT2D eigenvalue weighted by molar-refractivity contribution is 7.18. The van der Waals surface area contributed by atoms with Crippen LogP contribution in [-0.4, -0.2) is 18.2 Å². The highest BCUT2D eigenvalue weighted by atomic mass is 35.5. The molecule has 1 N–H and O–H groups in total. The van der Waals surface area contributed by atoms with Crippen LogP contribution in [0, 0.1) is 0 Å². The first-order valence-electron chi connectivity index (χ1n) is 2.71. The zero-order valence-corrected chi connectivity index (χ0v) is 7.20. The standard InChI is InChI=1S/C6H5ClO3S/c1-10-4-2-3(6(8)9)5(7)11-4/h2H,1H3,(H,8,9). The largest absolute Gasteiger partial charge is 0.487 e. The van der Waals surface area contributed by atoms with Gasteiger partial charge in [0.1, 0.15) is 4.34 Å². The van der Waals surface area contributed by atoms with Gasteiger partial charge in [-0.25, -0.2) is 4.79 Å². The van der Waals surface area contributed by atoms with Crippen LogP contribution in [0.1, 0.15) is 10.4 Å². The molecule has 1 aromatic rings. The Morgan fingerprint density at radius 2 is 2.45 bits per heavy atom. The summed E-state index contributed by atoms with van der Waals surface area (Å²) in [6, 6.07) is 1.40. The molecular formula is C6H5ClO3S. The molecule has 1 aromatic heterocycles. The maximum Gasteiger partial charge on any atom is 0.338 e. The van der Waals surface area contributed by atoms with E-state index in [0.29, 0.717) is 5.06 Å². The summed E-state index contributed by atoms with van der Waals surface area (Å²) in [6.45, 7) is 0. The number of halogens is 1. The van der Waals surface area contributed by atoms with Gasteiger partial charge in [-0.2, -0.15) is 0 Å². The fourth-order valence-electron chi connectivity index (χ4n) is 0.594. The van der Waals surface area contributed by atoms with E-state index < -0.39 is 5.97 Å². The average Bonchev–Trinajstić information content (AvgIpc) is 2.30. The minimum atomic E-state index is -1.03. The molecular weight excluding hydrogens is 188 g/mol. The van der Waals surface area contributed by atoms with Crippen LogP contribution in [0.4, 0.5) is 0 Å². The van der Waals surface area contributed by atoms with Crippen molar-refractivity contribution in [3.63, 3.8) is 0 Å². The van der Waals surface area contributed by atoms with E-state index in [1.54, 1.807) is 0 Å². The molecule has 0 bridgehead atoms. The van der Waals surface area contributed by atoms with Crippen molar-refractivity contribution in [1.82, 2.24) is 0 Å². The Hall–Kier alpha value is -0.740. The fourth-order valence-corrected chi connectivity index (χ4v) is 1.65. The first kappa shape index (κ1) is 8.36. The van der Waals surface area contributed by atoms with Crippen molar-refractivity contribution in [2.75, 3.05) is 7.11 Å². The van der Waals surface area contributed by atoms with Gasteiger partial charge in [0, 0.05) is 6.07 Å². The lowest BCUT2D eigenvalue weighted by Crippen LogP contribution is -1.93. The van der Waals surface area contributed by atoms with Crippen molar-refractivity contribution in [2.24, 2.45) is 0 Å². The molecule has 0 aliphatic carbocycles. The van der Waals surface area contributed by atoms with Crippen LogP contribution in [0.25, 0.3) is 0 Å². The van der Waals surface area contributed by atoms with Crippen molar-refractivity contribution in [3.8, 4) is 5.06 Å². The highest BCUT2D eigenvalue weighted by Gasteiger charge is 2.13. The number of carboxylic acid groups (broad SMARTS) is 1. The third-order valence-electron chi connectivity index (χ3n) is 1.10. The Labute approximate surface area is 72.2 Å². The molecule has 0 radical (unpaired) electrons. The van der Waals surface area contributed by atoms with Gasteiger partial charge in [-0.1, -0.05) is 22.9 Å². The van der Waals surface area contributed by atoms with Crippen molar-refractivity contribution in [2.45, 2.75) is 0 Å². The number of methoxy groups -OCH3 is 1. The van der Waals surface area contributed by atoms with Gasteiger partial charge in [0.25, 0.3) is 0 Å². The van der Waals surface area contributed by atoms with Gasteiger partial charge in [-0.05, 0) is 0 Å². The molecule has 60 valence electrons. The minimum absolute atomic E-state index is 0.0912. The molecule has 0 aromatic carbocycles. The van der Waals surface area contributed by atoms with E-state index in [2.05, 4.69) is 0 Å². The predicted molar refractivity (Wildman–Crippen MR) is 42.8 cm³/mol. The summed E-state index contributed by atoms with van der Waals surface area (Å²) in [7, 11) is 1.47. The number of ether oxygens (including phenoxy) is 1. The summed E-state index contributed by atoms with van der Waals surface area (Å²) in [6.07, 6.45) is 0. The van der Waals surface area contributed by atoms with E-state index >= 15 is 0 Å². The van der Waals surface area contributed by atoms with E-state index in [-0.39, 0.29) is 9.90 Å². The Morgan fingerprint density at radius 3 is 2.73 bits per heavy atom. The number of aromatic carboxylic acids is 1. The van der Waals surface area contributed by atoms with Crippen molar-refractivity contribution in [3.05, 3.63) is 16.0 Å². The molecule has 0 saturated heterocycles. The Balaban J connectivity index is 3.07. The summed E-state index contributed by atoms with van der Waals surface area (Å²) in [5.74, 6) is -1.03. The smallest absolute Gasteiger partial charge is 0.338 e. The van der Waals surface area contributed by atoms with Gasteiger partial charge in [0.2, 0.25) is 0 Å². The first-order chi connectivity index (χ1) is 5.15. The van der Waals surface area contributed by atoms with Crippen LogP contribution >= 0.6 is 22.9 Å². The molecule has 0 fully saturated rings. The van der Waals surface area contributed by atoms with E-state index in [1.807, 2.05) is 0 Å². The van der Waals surface area contributed by atoms with Gasteiger partial charge >= 0.3 is 5.97 Å². The lowest BCUT2D eigenvalue weighted by Gasteiger charge is -1.87. The molecule has 5 heteroatoms. The van der Waals surface area contributed by atoms with Gasteiger partial charge in [0.15, 0.2) is 5.06 Å². The lowest BCUT2D eigenvalue weighted by molar-refractivity contribution is 0.0697. The maximum absolute atomic E-state index is 10.4. The molecule has 0 aliphatic rings. The molecule has 0 atom stereocenters. The lowest BCUT2D eigenvalue weighted by atomic mass is 10.3. The van der Waals surface area contributed by atoms with Gasteiger partial charge in [-0.15, -0.1) is 0 Å². The van der Waals surface area contributed by atoms with Crippen LogP contribution in [0.3, 0.4) is 0 Å². The monoisotopic (exact) mass is 192 g/mol. The Morgan fingerprint density at radius 1 is 1.82 bits per heavy atom. The average molecular weight is 193 g/mol. The maximum atomic E-state index is 10.4. The molecule has 0 spiro atoms. The summed E-state index contributed by atoms with van der Waals surface area (Å²) < 4.78 is 5.04. The highest BCUT2D eigenvalue weighted by Crippen LogP contribution is 2.32. The molecule has 1 heterocycles. The Bertz CT molecular complexity index is 281. The van der Waals surface area contributed by atoms with E-state index in [1.165, 1.54) is 13.2 Å². The molecule has 0 saturated carbocycles. The molecule has 1 rings (SSSR count). The second-order valence-electron chi connectivity index (χ2n) is 1.76. The summed E-state index contributed by atoms with van der Waals surface area (Å²) >= 11 is 6.68. The molecule has 0 aliphatic heterocycles. The third kappa shape index (κ3) is 1.64. The van der Waals surface area contributed by atoms with E-state index in [0.717, 1.165) is 11.3 Å². The number of rotatable bonds is 2. The third-order valence-corrected chi connectivity index (χ3v) is 2.42. The quantitative estimate of drug-likeness (QED) is 0.781. The second-order valence-corrected chi connectivity index (χ2v) is 3.38. The van der Waals surface area contributed by atoms with Gasteiger partial charge < -0.3 is 9.84 Å². The zero-order chi connectivity index (χ0) is 8.43. The number of thiophene rings is 1. The van der Waals surface area contributed by atoms with Crippen LogP contribution in [-0.2, 0) is 0 Å². The van der Waals surface area contributed by atoms with E-state index in [4.69, 9.17) is 21.4 Å². The SMILES string of the molecule is COc1cc(C(=O)O)c(Cl)s1. The Kier molecular flexibility index (Phi) is 2.36. The van der Waals surface area contributed by atoms with Crippen molar-refractivity contribution >= 4 is 28.9 Å². The van der Waals surface area contributed by atoms with Crippen LogP contribution in [0.2, 0.25) is 4.34 Å². The predicted octanol–water partition coefficient (Wildman–Crippen LogP) is 2.11.